The molecular weight excluding hydrogens is 302 g/mol. The predicted molar refractivity (Wildman–Crippen MR) is 94.6 cm³/mol. The van der Waals surface area contributed by atoms with Crippen molar-refractivity contribution < 1.29 is 9.47 Å². The highest BCUT2D eigenvalue weighted by Gasteiger charge is 2.16. The minimum atomic E-state index is 0.604. The van der Waals surface area contributed by atoms with E-state index in [1.54, 1.807) is 7.11 Å². The highest BCUT2D eigenvalue weighted by atomic mass is 16.5. The third kappa shape index (κ3) is 2.78. The van der Waals surface area contributed by atoms with E-state index in [1.165, 1.54) is 5.39 Å². The third-order valence-corrected chi connectivity index (χ3v) is 4.28. The molecule has 0 radical (unpaired) electrons. The van der Waals surface area contributed by atoms with Gasteiger partial charge in [-0.05, 0) is 17.5 Å². The minimum absolute atomic E-state index is 0.604. The molecule has 4 rings (SSSR count). The summed E-state index contributed by atoms with van der Waals surface area (Å²) in [6.45, 7) is 3.22. The summed E-state index contributed by atoms with van der Waals surface area (Å²) < 4.78 is 10.6. The average molecular weight is 321 g/mol. The molecule has 3 aromatic rings. The Morgan fingerprint density at radius 2 is 1.92 bits per heavy atom. The van der Waals surface area contributed by atoms with Gasteiger partial charge < -0.3 is 14.4 Å². The molecule has 0 amide bonds. The highest BCUT2D eigenvalue weighted by molar-refractivity contribution is 5.96. The van der Waals surface area contributed by atoms with Crippen LogP contribution in [-0.2, 0) is 4.74 Å². The van der Waals surface area contributed by atoms with E-state index in [2.05, 4.69) is 34.1 Å². The quantitative estimate of drug-likeness (QED) is 0.742. The summed E-state index contributed by atoms with van der Waals surface area (Å²) in [7, 11) is 1.62. The van der Waals surface area contributed by atoms with Crippen molar-refractivity contribution >= 4 is 16.6 Å². The van der Waals surface area contributed by atoms with Crippen molar-refractivity contribution in [2.75, 3.05) is 38.3 Å². The van der Waals surface area contributed by atoms with E-state index in [-0.39, 0.29) is 0 Å². The Kier molecular flexibility index (Phi) is 4.01. The Morgan fingerprint density at radius 1 is 1.08 bits per heavy atom. The zero-order chi connectivity index (χ0) is 16.4. The van der Waals surface area contributed by atoms with Gasteiger partial charge in [0.25, 0.3) is 0 Å². The van der Waals surface area contributed by atoms with Gasteiger partial charge in [0.2, 0.25) is 5.88 Å². The zero-order valence-corrected chi connectivity index (χ0v) is 13.6. The number of rotatable bonds is 3. The number of anilines is 1. The molecule has 0 bridgehead atoms. The first kappa shape index (κ1) is 14.9. The molecular formula is C19H19N3O2. The smallest absolute Gasteiger partial charge is 0.212 e. The van der Waals surface area contributed by atoms with Crippen LogP contribution in [0.4, 0.5) is 5.82 Å². The molecule has 0 unspecified atom stereocenters. The molecule has 5 heteroatoms. The molecule has 5 nitrogen and oxygen atoms in total. The van der Waals surface area contributed by atoms with Crippen LogP contribution in [-0.4, -0.2) is 43.4 Å². The van der Waals surface area contributed by atoms with E-state index >= 15 is 0 Å². The summed E-state index contributed by atoms with van der Waals surface area (Å²) in [5.74, 6) is 1.59. The van der Waals surface area contributed by atoms with Crippen LogP contribution in [0.2, 0.25) is 0 Å². The molecule has 1 aliphatic heterocycles. The van der Waals surface area contributed by atoms with Gasteiger partial charge in [-0.3, -0.25) is 0 Å². The van der Waals surface area contributed by atoms with Crippen LogP contribution in [0.3, 0.4) is 0 Å². The number of hydrogen-bond donors (Lipinski definition) is 0. The fourth-order valence-corrected chi connectivity index (χ4v) is 3.00. The van der Waals surface area contributed by atoms with Crippen molar-refractivity contribution in [3.63, 3.8) is 0 Å². The molecule has 0 saturated carbocycles. The van der Waals surface area contributed by atoms with E-state index in [0.717, 1.165) is 48.8 Å². The van der Waals surface area contributed by atoms with Gasteiger partial charge in [0.05, 0.1) is 26.0 Å². The maximum absolute atomic E-state index is 5.46. The standard InChI is InChI=1S/C19H19N3O2/c1-23-18-7-6-15(13-20-18)19-16-5-3-2-4-14(16)12-17(21-19)22-8-10-24-11-9-22/h2-7,12-13H,8-11H2,1H3. The largest absolute Gasteiger partial charge is 0.481 e. The number of pyridine rings is 2. The molecule has 0 aliphatic carbocycles. The second kappa shape index (κ2) is 6.45. The first-order valence-corrected chi connectivity index (χ1v) is 8.08. The van der Waals surface area contributed by atoms with Gasteiger partial charge in [-0.25, -0.2) is 9.97 Å². The topological polar surface area (TPSA) is 47.5 Å². The fraction of sp³-hybridized carbons (Fsp3) is 0.263. The molecule has 122 valence electrons. The van der Waals surface area contributed by atoms with Gasteiger partial charge in [0.1, 0.15) is 5.82 Å². The van der Waals surface area contributed by atoms with Gasteiger partial charge in [0.15, 0.2) is 0 Å². The summed E-state index contributed by atoms with van der Waals surface area (Å²) in [5, 5.41) is 2.31. The second-order valence-corrected chi connectivity index (χ2v) is 5.74. The minimum Gasteiger partial charge on any atom is -0.481 e. The number of aromatic nitrogens is 2. The number of hydrogen-bond acceptors (Lipinski definition) is 5. The molecule has 1 saturated heterocycles. The van der Waals surface area contributed by atoms with Crippen LogP contribution in [0.5, 0.6) is 5.88 Å². The number of ether oxygens (including phenoxy) is 2. The number of benzene rings is 1. The van der Waals surface area contributed by atoms with Gasteiger partial charge in [-0.15, -0.1) is 0 Å². The van der Waals surface area contributed by atoms with E-state index in [4.69, 9.17) is 14.5 Å². The van der Waals surface area contributed by atoms with Gasteiger partial charge >= 0.3 is 0 Å². The van der Waals surface area contributed by atoms with Crippen molar-refractivity contribution in [1.29, 1.82) is 0 Å². The molecule has 2 aromatic heterocycles. The van der Waals surface area contributed by atoms with Gasteiger partial charge in [-0.1, -0.05) is 24.3 Å². The van der Waals surface area contributed by atoms with E-state index in [9.17, 15) is 0 Å². The SMILES string of the molecule is COc1ccc(-c2nc(N3CCOCC3)cc3ccccc23)cn1. The molecule has 0 N–H and O–H groups in total. The summed E-state index contributed by atoms with van der Waals surface area (Å²) in [4.78, 5) is 11.5. The number of nitrogens with zero attached hydrogens (tertiary/aromatic N) is 3. The maximum atomic E-state index is 5.46. The monoisotopic (exact) mass is 321 g/mol. The van der Waals surface area contributed by atoms with Crippen LogP contribution in [0.1, 0.15) is 0 Å². The third-order valence-electron chi connectivity index (χ3n) is 4.28. The summed E-state index contributed by atoms with van der Waals surface area (Å²) >= 11 is 0. The van der Waals surface area contributed by atoms with Crippen molar-refractivity contribution in [3.8, 4) is 17.1 Å². The normalized spacial score (nSPS) is 14.8. The lowest BCUT2D eigenvalue weighted by Gasteiger charge is -2.28. The van der Waals surface area contributed by atoms with Crippen LogP contribution >= 0.6 is 0 Å². The predicted octanol–water partition coefficient (Wildman–Crippen LogP) is 3.14. The van der Waals surface area contributed by atoms with Crippen LogP contribution in [0.25, 0.3) is 22.0 Å². The summed E-state index contributed by atoms with van der Waals surface area (Å²) in [6, 6.07) is 14.4. The Bertz CT molecular complexity index is 843. The fourth-order valence-electron chi connectivity index (χ4n) is 3.00. The maximum Gasteiger partial charge on any atom is 0.212 e. The highest BCUT2D eigenvalue weighted by Crippen LogP contribution is 2.30. The second-order valence-electron chi connectivity index (χ2n) is 5.74. The van der Waals surface area contributed by atoms with Crippen LogP contribution < -0.4 is 9.64 Å². The Hall–Kier alpha value is -2.66. The van der Waals surface area contributed by atoms with Crippen molar-refractivity contribution in [2.24, 2.45) is 0 Å². The number of methoxy groups -OCH3 is 1. The lowest BCUT2D eigenvalue weighted by molar-refractivity contribution is 0.122. The first-order chi connectivity index (χ1) is 11.8. The van der Waals surface area contributed by atoms with Crippen LogP contribution in [0.15, 0.2) is 48.7 Å². The number of morpholine rings is 1. The lowest BCUT2D eigenvalue weighted by atomic mass is 10.0. The van der Waals surface area contributed by atoms with Crippen molar-refractivity contribution in [3.05, 3.63) is 48.7 Å². The first-order valence-electron chi connectivity index (χ1n) is 8.08. The Labute approximate surface area is 140 Å². The number of fused-ring (bicyclic) bond motifs is 1. The molecule has 1 aliphatic rings. The molecule has 24 heavy (non-hydrogen) atoms. The summed E-state index contributed by atoms with van der Waals surface area (Å²) in [6.07, 6.45) is 1.82. The Balaban J connectivity index is 1.85. The molecule has 0 atom stereocenters. The molecule has 0 spiro atoms. The van der Waals surface area contributed by atoms with Gasteiger partial charge in [-0.2, -0.15) is 0 Å². The van der Waals surface area contributed by atoms with E-state index < -0.39 is 0 Å². The molecule has 1 aromatic carbocycles. The Morgan fingerprint density at radius 3 is 2.67 bits per heavy atom. The average Bonchev–Trinajstić information content (AvgIpc) is 2.68. The van der Waals surface area contributed by atoms with Crippen molar-refractivity contribution in [2.45, 2.75) is 0 Å². The zero-order valence-electron chi connectivity index (χ0n) is 13.6. The van der Waals surface area contributed by atoms with Gasteiger partial charge in [0, 0.05) is 36.3 Å². The van der Waals surface area contributed by atoms with Crippen molar-refractivity contribution in [1.82, 2.24) is 9.97 Å². The van der Waals surface area contributed by atoms with Crippen LogP contribution in [0, 0.1) is 0 Å². The molecule has 1 fully saturated rings. The summed E-state index contributed by atoms with van der Waals surface area (Å²) in [5.41, 5.74) is 1.94. The lowest BCUT2D eigenvalue weighted by Crippen LogP contribution is -2.36. The van der Waals surface area contributed by atoms with E-state index in [0.29, 0.717) is 5.88 Å². The van der Waals surface area contributed by atoms with E-state index in [1.807, 2.05) is 24.4 Å². The molecule has 3 heterocycles.